The number of ether oxygens (including phenoxy) is 5. The zero-order valence-corrected chi connectivity index (χ0v) is 16.7. The third kappa shape index (κ3) is 12.2. The van der Waals surface area contributed by atoms with E-state index in [4.69, 9.17) is 23.7 Å². The Hall–Kier alpha value is -2.92. The molecule has 0 aliphatic heterocycles. The summed E-state index contributed by atoms with van der Waals surface area (Å²) in [5.41, 5.74) is -0.656. The molecule has 0 aromatic heterocycles. The first-order valence-electron chi connectivity index (χ1n) is 8.89. The summed E-state index contributed by atoms with van der Waals surface area (Å²) in [7, 11) is 0. The smallest absolute Gasteiger partial charge is 0.444 e. The van der Waals surface area contributed by atoms with E-state index >= 15 is 0 Å². The van der Waals surface area contributed by atoms with Crippen molar-refractivity contribution in [1.29, 1.82) is 0 Å². The Labute approximate surface area is 168 Å². The molecule has 0 fully saturated rings. The summed E-state index contributed by atoms with van der Waals surface area (Å²) in [5.74, 6) is 0.134. The highest BCUT2D eigenvalue weighted by Crippen LogP contribution is 2.17. The van der Waals surface area contributed by atoms with Gasteiger partial charge in [-0.25, -0.2) is 9.59 Å². The molecular formula is C18H26N2O9. The van der Waals surface area contributed by atoms with Crippen molar-refractivity contribution in [2.75, 3.05) is 39.6 Å². The normalized spacial score (nSPS) is 10.9. The van der Waals surface area contributed by atoms with Crippen LogP contribution in [0.3, 0.4) is 0 Å². The average Bonchev–Trinajstić information content (AvgIpc) is 2.62. The zero-order chi connectivity index (χ0) is 21.7. The minimum absolute atomic E-state index is 0.0218. The molecule has 1 rings (SSSR count). The van der Waals surface area contributed by atoms with Crippen LogP contribution in [0, 0.1) is 10.1 Å². The van der Waals surface area contributed by atoms with Crippen molar-refractivity contribution in [1.82, 2.24) is 5.32 Å². The van der Waals surface area contributed by atoms with E-state index in [0.29, 0.717) is 19.8 Å². The van der Waals surface area contributed by atoms with Crippen molar-refractivity contribution in [3.8, 4) is 5.75 Å². The van der Waals surface area contributed by atoms with Crippen molar-refractivity contribution in [2.45, 2.75) is 26.4 Å². The molecule has 162 valence electrons. The molecule has 0 spiro atoms. The Kier molecular flexibility index (Phi) is 10.4. The lowest BCUT2D eigenvalue weighted by Gasteiger charge is -2.19. The molecule has 1 amide bonds. The number of nitro benzene ring substituents is 1. The molecule has 29 heavy (non-hydrogen) atoms. The van der Waals surface area contributed by atoms with E-state index in [1.54, 1.807) is 20.8 Å². The van der Waals surface area contributed by atoms with E-state index in [1.165, 1.54) is 24.3 Å². The Bertz CT molecular complexity index is 656. The van der Waals surface area contributed by atoms with Crippen LogP contribution in [0.5, 0.6) is 5.75 Å². The molecule has 0 saturated heterocycles. The molecule has 0 radical (unpaired) electrons. The largest absolute Gasteiger partial charge is 0.513 e. The van der Waals surface area contributed by atoms with Gasteiger partial charge in [0.15, 0.2) is 0 Å². The summed E-state index contributed by atoms with van der Waals surface area (Å²) in [6.07, 6.45) is -1.44. The summed E-state index contributed by atoms with van der Waals surface area (Å²) in [6.45, 7) is 6.67. The highest BCUT2D eigenvalue weighted by molar-refractivity contribution is 5.67. The number of nitrogens with one attached hydrogen (secondary N) is 1. The molecule has 0 aliphatic carbocycles. The number of benzene rings is 1. The lowest BCUT2D eigenvalue weighted by molar-refractivity contribution is -0.384. The van der Waals surface area contributed by atoms with Crippen LogP contribution in [0.15, 0.2) is 24.3 Å². The molecule has 1 aromatic carbocycles. The van der Waals surface area contributed by atoms with Crippen LogP contribution >= 0.6 is 0 Å². The number of hydrogen-bond donors (Lipinski definition) is 1. The minimum Gasteiger partial charge on any atom is -0.444 e. The molecule has 1 N–H and O–H groups in total. The van der Waals surface area contributed by atoms with Crippen LogP contribution in [0.4, 0.5) is 15.3 Å². The fourth-order valence-corrected chi connectivity index (χ4v) is 1.81. The molecule has 0 bridgehead atoms. The molecule has 0 aliphatic rings. The molecule has 0 heterocycles. The first-order chi connectivity index (χ1) is 13.7. The van der Waals surface area contributed by atoms with Crippen molar-refractivity contribution in [2.24, 2.45) is 0 Å². The van der Waals surface area contributed by atoms with Gasteiger partial charge in [0.05, 0.1) is 31.4 Å². The van der Waals surface area contributed by atoms with Crippen LogP contribution in [-0.2, 0) is 18.9 Å². The van der Waals surface area contributed by atoms with Gasteiger partial charge >= 0.3 is 12.2 Å². The Balaban J connectivity index is 1.98. The van der Waals surface area contributed by atoms with Crippen molar-refractivity contribution in [3.05, 3.63) is 34.4 Å². The van der Waals surface area contributed by atoms with Gasteiger partial charge in [-0.3, -0.25) is 10.1 Å². The number of nitro groups is 1. The van der Waals surface area contributed by atoms with E-state index in [0.717, 1.165) is 0 Å². The van der Waals surface area contributed by atoms with Gasteiger partial charge in [-0.2, -0.15) is 0 Å². The van der Waals surface area contributed by atoms with E-state index in [-0.39, 0.29) is 31.3 Å². The Morgan fingerprint density at radius 1 is 1.00 bits per heavy atom. The molecular weight excluding hydrogens is 388 g/mol. The number of amides is 1. The van der Waals surface area contributed by atoms with E-state index in [9.17, 15) is 19.7 Å². The molecule has 1 aromatic rings. The maximum atomic E-state index is 11.5. The third-order valence-corrected chi connectivity index (χ3v) is 2.98. The Morgan fingerprint density at radius 3 is 2.17 bits per heavy atom. The molecule has 11 heteroatoms. The summed E-state index contributed by atoms with van der Waals surface area (Å²) in [4.78, 5) is 32.8. The zero-order valence-electron chi connectivity index (χ0n) is 16.7. The standard InChI is InChI=1S/C18H26N2O9/c1-18(2,3)29-16(21)19-8-9-25-10-11-26-12-13-27-17(22)28-15-6-4-14(5-7-15)20(23)24/h4-7H,8-13H2,1-3H3,(H,19,21). The molecule has 11 nitrogen and oxygen atoms in total. The SMILES string of the molecule is CC(C)(C)OC(=O)NCCOCCOCCOC(=O)Oc1ccc([N+](=O)[O-])cc1. The maximum Gasteiger partial charge on any atom is 0.513 e. The van der Waals surface area contributed by atoms with Crippen molar-refractivity contribution >= 4 is 17.9 Å². The number of nitrogens with zero attached hydrogens (tertiary/aromatic N) is 1. The second-order valence-corrected chi connectivity index (χ2v) is 6.60. The topological polar surface area (TPSA) is 135 Å². The van der Waals surface area contributed by atoms with E-state index in [1.807, 2.05) is 0 Å². The fraction of sp³-hybridized carbons (Fsp3) is 0.556. The number of non-ortho nitro benzene ring substituents is 1. The number of carbonyl (C=O) groups excluding carboxylic acids is 2. The average molecular weight is 414 g/mol. The number of rotatable bonds is 11. The maximum absolute atomic E-state index is 11.5. The predicted octanol–water partition coefficient (Wildman–Crippen LogP) is 2.67. The van der Waals surface area contributed by atoms with Gasteiger partial charge in [-0.05, 0) is 32.9 Å². The van der Waals surface area contributed by atoms with Gasteiger partial charge in [-0.1, -0.05) is 0 Å². The van der Waals surface area contributed by atoms with Crippen LogP contribution in [0.25, 0.3) is 0 Å². The van der Waals surface area contributed by atoms with Crippen molar-refractivity contribution in [3.63, 3.8) is 0 Å². The third-order valence-electron chi connectivity index (χ3n) is 2.98. The van der Waals surface area contributed by atoms with Gasteiger partial charge in [-0.15, -0.1) is 0 Å². The Morgan fingerprint density at radius 2 is 1.59 bits per heavy atom. The molecule has 0 unspecified atom stereocenters. The van der Waals surface area contributed by atoms with Crippen LogP contribution in [0.1, 0.15) is 20.8 Å². The summed E-state index contributed by atoms with van der Waals surface area (Å²) < 4.78 is 25.2. The fourth-order valence-electron chi connectivity index (χ4n) is 1.81. The van der Waals surface area contributed by atoms with Crippen LogP contribution in [0.2, 0.25) is 0 Å². The van der Waals surface area contributed by atoms with Crippen molar-refractivity contribution < 1.29 is 38.2 Å². The van der Waals surface area contributed by atoms with Gasteiger partial charge in [0.25, 0.3) is 5.69 Å². The highest BCUT2D eigenvalue weighted by Gasteiger charge is 2.15. The van der Waals surface area contributed by atoms with Crippen LogP contribution < -0.4 is 10.1 Å². The quantitative estimate of drug-likeness (QED) is 0.190. The second-order valence-electron chi connectivity index (χ2n) is 6.60. The van der Waals surface area contributed by atoms with E-state index in [2.05, 4.69) is 5.32 Å². The van der Waals surface area contributed by atoms with Gasteiger partial charge in [0.2, 0.25) is 0 Å². The van der Waals surface area contributed by atoms with Gasteiger partial charge < -0.3 is 29.0 Å². The first-order valence-corrected chi connectivity index (χ1v) is 8.89. The first kappa shape index (κ1) is 24.1. The summed E-state index contributed by atoms with van der Waals surface area (Å²) in [5, 5.41) is 13.1. The predicted molar refractivity (Wildman–Crippen MR) is 101 cm³/mol. The molecule has 0 saturated carbocycles. The molecule has 0 atom stereocenters. The van der Waals surface area contributed by atoms with Gasteiger partial charge in [0, 0.05) is 18.7 Å². The van der Waals surface area contributed by atoms with Crippen LogP contribution in [-0.4, -0.2) is 62.4 Å². The highest BCUT2D eigenvalue weighted by atomic mass is 16.7. The lowest BCUT2D eigenvalue weighted by Crippen LogP contribution is -2.34. The minimum atomic E-state index is -0.938. The monoisotopic (exact) mass is 414 g/mol. The second kappa shape index (κ2) is 12.5. The summed E-state index contributed by atoms with van der Waals surface area (Å²) >= 11 is 0. The number of carbonyl (C=O) groups is 2. The lowest BCUT2D eigenvalue weighted by atomic mass is 10.2. The van der Waals surface area contributed by atoms with Gasteiger partial charge in [0.1, 0.15) is 18.0 Å². The number of alkyl carbamates (subject to hydrolysis) is 1. The number of hydrogen-bond acceptors (Lipinski definition) is 9. The van der Waals surface area contributed by atoms with E-state index < -0.39 is 22.8 Å². The summed E-state index contributed by atoms with van der Waals surface area (Å²) in [6, 6.07) is 5.03.